The van der Waals surface area contributed by atoms with Crippen LogP contribution >= 0.6 is 0 Å². The number of phenols is 1. The van der Waals surface area contributed by atoms with E-state index < -0.39 is 0 Å². The zero-order valence-electron chi connectivity index (χ0n) is 7.11. The molecule has 2 aromatic rings. The molecule has 0 unspecified atom stereocenters. The number of fused-ring (bicyclic) bond motifs is 1. The minimum Gasteiger partial charge on any atom is -0.506 e. The normalized spacial score (nSPS) is 9.62. The third-order valence-electron chi connectivity index (χ3n) is 1.84. The van der Waals surface area contributed by atoms with Gasteiger partial charge in [0.1, 0.15) is 11.3 Å². The topological polar surface area (TPSA) is 33.1 Å². The smallest absolute Gasteiger partial charge is 0.141 e. The minimum absolute atomic E-state index is 0. The molecule has 0 aliphatic rings. The number of rotatable bonds is 0. The maximum atomic E-state index is 9.43. The van der Waals surface area contributed by atoms with Crippen LogP contribution in [0.15, 0.2) is 30.3 Å². The molecule has 1 aromatic carbocycles. The molecular formula is C10H9NORh. The zero-order chi connectivity index (χ0) is 8.55. The van der Waals surface area contributed by atoms with Crippen molar-refractivity contribution >= 4 is 10.9 Å². The fourth-order valence-electron chi connectivity index (χ4n) is 1.23. The molecule has 1 aromatic heterocycles. The summed E-state index contributed by atoms with van der Waals surface area (Å²) in [6, 6.07) is 9.28. The van der Waals surface area contributed by atoms with Crippen molar-refractivity contribution in [1.82, 2.24) is 4.98 Å². The van der Waals surface area contributed by atoms with Crippen molar-refractivity contribution in [3.63, 3.8) is 0 Å². The van der Waals surface area contributed by atoms with E-state index in [9.17, 15) is 5.11 Å². The Labute approximate surface area is 89.4 Å². The van der Waals surface area contributed by atoms with Crippen LogP contribution in [0.25, 0.3) is 10.9 Å². The number of pyridine rings is 1. The SMILES string of the molecule is Cc1ccc2cccc(O)c2n1.[Rh]. The molecular weight excluding hydrogens is 253 g/mol. The second-order valence-corrected chi connectivity index (χ2v) is 2.80. The van der Waals surface area contributed by atoms with Crippen LogP contribution in [0.2, 0.25) is 0 Å². The molecule has 2 nitrogen and oxygen atoms in total. The maximum Gasteiger partial charge on any atom is 0.141 e. The summed E-state index contributed by atoms with van der Waals surface area (Å²) in [6.07, 6.45) is 0. The Balaban J connectivity index is 0.000000845. The molecule has 0 atom stereocenters. The Morgan fingerprint density at radius 2 is 1.92 bits per heavy atom. The summed E-state index contributed by atoms with van der Waals surface area (Å²) in [5.41, 5.74) is 1.60. The quantitative estimate of drug-likeness (QED) is 0.738. The molecule has 2 rings (SSSR count). The van der Waals surface area contributed by atoms with Crippen molar-refractivity contribution in [2.24, 2.45) is 0 Å². The van der Waals surface area contributed by atoms with E-state index >= 15 is 0 Å². The summed E-state index contributed by atoms with van der Waals surface area (Å²) < 4.78 is 0. The van der Waals surface area contributed by atoms with Crippen molar-refractivity contribution in [1.29, 1.82) is 0 Å². The van der Waals surface area contributed by atoms with Gasteiger partial charge in [-0.05, 0) is 19.1 Å². The molecule has 0 spiro atoms. The van der Waals surface area contributed by atoms with E-state index in [0.717, 1.165) is 11.1 Å². The van der Waals surface area contributed by atoms with E-state index in [1.165, 1.54) is 0 Å². The van der Waals surface area contributed by atoms with Gasteiger partial charge in [0.15, 0.2) is 0 Å². The molecule has 0 saturated heterocycles. The molecule has 3 heteroatoms. The van der Waals surface area contributed by atoms with Gasteiger partial charge >= 0.3 is 0 Å². The van der Waals surface area contributed by atoms with Gasteiger partial charge in [-0.1, -0.05) is 18.2 Å². The molecule has 0 bridgehead atoms. The van der Waals surface area contributed by atoms with E-state index in [-0.39, 0.29) is 25.2 Å². The first-order valence-corrected chi connectivity index (χ1v) is 3.83. The summed E-state index contributed by atoms with van der Waals surface area (Å²) in [6.45, 7) is 1.91. The third-order valence-corrected chi connectivity index (χ3v) is 1.84. The molecule has 0 saturated carbocycles. The van der Waals surface area contributed by atoms with Crippen molar-refractivity contribution in [2.75, 3.05) is 0 Å². The molecule has 0 aliphatic carbocycles. The minimum atomic E-state index is 0. The number of hydrogen-bond donors (Lipinski definition) is 1. The van der Waals surface area contributed by atoms with Gasteiger partial charge in [-0.25, -0.2) is 4.98 Å². The number of aromatic nitrogens is 1. The van der Waals surface area contributed by atoms with E-state index in [1.807, 2.05) is 31.2 Å². The van der Waals surface area contributed by atoms with Crippen LogP contribution in [-0.4, -0.2) is 10.1 Å². The summed E-state index contributed by atoms with van der Waals surface area (Å²) in [4.78, 5) is 4.23. The van der Waals surface area contributed by atoms with E-state index in [0.29, 0.717) is 5.52 Å². The van der Waals surface area contributed by atoms with Crippen molar-refractivity contribution in [3.05, 3.63) is 36.0 Å². The Kier molecular flexibility index (Phi) is 3.00. The van der Waals surface area contributed by atoms with Gasteiger partial charge in [0.05, 0.1) is 0 Å². The summed E-state index contributed by atoms with van der Waals surface area (Å²) in [5, 5.41) is 10.4. The summed E-state index contributed by atoms with van der Waals surface area (Å²) in [5.74, 6) is 0.246. The van der Waals surface area contributed by atoms with Gasteiger partial charge in [0.2, 0.25) is 0 Å². The number of nitrogens with zero attached hydrogens (tertiary/aromatic N) is 1. The monoisotopic (exact) mass is 262 g/mol. The number of hydrogen-bond acceptors (Lipinski definition) is 2. The summed E-state index contributed by atoms with van der Waals surface area (Å²) in [7, 11) is 0. The largest absolute Gasteiger partial charge is 0.506 e. The standard InChI is InChI=1S/C10H9NO.Rh/c1-7-5-6-8-3-2-4-9(12)10(8)11-7;/h2-6,12H,1H3;. The number of para-hydroxylation sites is 1. The molecule has 0 aliphatic heterocycles. The van der Waals surface area contributed by atoms with Gasteiger partial charge in [-0.3, -0.25) is 0 Å². The van der Waals surface area contributed by atoms with Gasteiger partial charge in [0, 0.05) is 30.6 Å². The molecule has 69 valence electrons. The van der Waals surface area contributed by atoms with E-state index in [4.69, 9.17) is 0 Å². The van der Waals surface area contributed by atoms with Gasteiger partial charge in [0.25, 0.3) is 0 Å². The van der Waals surface area contributed by atoms with Crippen LogP contribution in [0, 0.1) is 6.92 Å². The second kappa shape index (κ2) is 3.84. The fourth-order valence-corrected chi connectivity index (χ4v) is 1.23. The van der Waals surface area contributed by atoms with Crippen molar-refractivity contribution in [3.8, 4) is 5.75 Å². The van der Waals surface area contributed by atoms with Crippen molar-refractivity contribution < 1.29 is 24.6 Å². The fraction of sp³-hybridized carbons (Fsp3) is 0.100. The molecule has 13 heavy (non-hydrogen) atoms. The number of phenolic OH excluding ortho intramolecular Hbond substituents is 1. The Morgan fingerprint density at radius 1 is 1.15 bits per heavy atom. The van der Waals surface area contributed by atoms with Crippen LogP contribution in [-0.2, 0) is 19.5 Å². The van der Waals surface area contributed by atoms with Crippen molar-refractivity contribution in [2.45, 2.75) is 6.92 Å². The molecule has 0 fully saturated rings. The third kappa shape index (κ3) is 1.86. The van der Waals surface area contributed by atoms with Crippen LogP contribution < -0.4 is 0 Å². The van der Waals surface area contributed by atoms with Gasteiger partial charge < -0.3 is 5.11 Å². The average Bonchev–Trinajstić information content (AvgIpc) is 2.07. The van der Waals surface area contributed by atoms with Gasteiger partial charge in [-0.2, -0.15) is 0 Å². The first-order chi connectivity index (χ1) is 5.77. The Morgan fingerprint density at radius 3 is 2.69 bits per heavy atom. The number of benzene rings is 1. The number of aryl methyl sites for hydroxylation is 1. The molecule has 1 N–H and O–H groups in total. The molecule has 0 amide bonds. The van der Waals surface area contributed by atoms with Crippen LogP contribution in [0.1, 0.15) is 5.69 Å². The predicted octanol–water partition coefficient (Wildman–Crippen LogP) is 2.25. The van der Waals surface area contributed by atoms with E-state index in [1.54, 1.807) is 6.07 Å². The first kappa shape index (κ1) is 10.1. The predicted molar refractivity (Wildman–Crippen MR) is 48.1 cm³/mol. The maximum absolute atomic E-state index is 9.43. The average molecular weight is 262 g/mol. The second-order valence-electron chi connectivity index (χ2n) is 2.80. The van der Waals surface area contributed by atoms with Crippen LogP contribution in [0.3, 0.4) is 0 Å². The van der Waals surface area contributed by atoms with Crippen LogP contribution in [0.5, 0.6) is 5.75 Å². The Hall–Kier alpha value is -0.947. The Bertz CT molecular complexity index is 428. The number of aromatic hydroxyl groups is 1. The molecule has 1 heterocycles. The summed E-state index contributed by atoms with van der Waals surface area (Å²) >= 11 is 0. The van der Waals surface area contributed by atoms with Crippen LogP contribution in [0.4, 0.5) is 0 Å². The van der Waals surface area contributed by atoms with Gasteiger partial charge in [-0.15, -0.1) is 0 Å². The molecule has 1 radical (unpaired) electrons. The first-order valence-electron chi connectivity index (χ1n) is 3.83. The van der Waals surface area contributed by atoms with E-state index in [2.05, 4.69) is 4.98 Å². The zero-order valence-corrected chi connectivity index (χ0v) is 8.75.